The van der Waals surface area contributed by atoms with Crippen LogP contribution in [0.4, 0.5) is 0 Å². The summed E-state index contributed by atoms with van der Waals surface area (Å²) in [5, 5.41) is 8.63. The Morgan fingerprint density at radius 1 is 0.909 bits per heavy atom. The van der Waals surface area contributed by atoms with Crippen molar-refractivity contribution >= 4 is 15.8 Å². The summed E-state index contributed by atoms with van der Waals surface area (Å²) in [6.07, 6.45) is 0.497. The number of ether oxygens (including phenoxy) is 1. The van der Waals surface area contributed by atoms with Crippen molar-refractivity contribution in [2.24, 2.45) is 5.92 Å². The van der Waals surface area contributed by atoms with E-state index in [-0.39, 0.29) is 11.3 Å². The maximum Gasteiger partial charge on any atom is 0.306 e. The first-order valence-electron chi connectivity index (χ1n) is 10.9. The van der Waals surface area contributed by atoms with Gasteiger partial charge in [-0.15, -0.1) is 0 Å². The molecule has 3 aromatic carbocycles. The molecule has 0 spiro atoms. The lowest BCUT2D eigenvalue weighted by atomic mass is 9.96. The molecule has 172 valence electrons. The zero-order chi connectivity index (χ0) is 23.3. The molecule has 1 heterocycles. The van der Waals surface area contributed by atoms with Gasteiger partial charge in [-0.25, -0.2) is 8.42 Å². The number of nitrogens with zero attached hydrogens (tertiary/aromatic N) is 1. The molecule has 7 heteroatoms. The van der Waals surface area contributed by atoms with Gasteiger partial charge in [0.2, 0.25) is 0 Å². The lowest BCUT2D eigenvalue weighted by Gasteiger charge is -2.37. The molecule has 0 aromatic heterocycles. The van der Waals surface area contributed by atoms with Crippen LogP contribution >= 0.6 is 0 Å². The SMILES string of the molecule is O=C(O)C1CCN(Cc2ccccc2)C(S(=O)(=O)c2ccc(OCc3ccccc3)cc2)C1. The van der Waals surface area contributed by atoms with Crippen molar-refractivity contribution in [3.05, 3.63) is 96.1 Å². The molecular formula is C26H27NO5S. The van der Waals surface area contributed by atoms with Gasteiger partial charge >= 0.3 is 5.97 Å². The monoisotopic (exact) mass is 465 g/mol. The summed E-state index contributed by atoms with van der Waals surface area (Å²) in [5.41, 5.74) is 2.02. The number of benzene rings is 3. The molecule has 0 saturated carbocycles. The number of carbonyl (C=O) groups is 1. The summed E-state index contributed by atoms with van der Waals surface area (Å²) in [4.78, 5) is 13.7. The lowest BCUT2D eigenvalue weighted by molar-refractivity contribution is -0.143. The van der Waals surface area contributed by atoms with Gasteiger partial charge in [-0.1, -0.05) is 60.7 Å². The van der Waals surface area contributed by atoms with Crippen LogP contribution in [0.3, 0.4) is 0 Å². The summed E-state index contributed by atoms with van der Waals surface area (Å²) in [6.45, 7) is 1.25. The Kier molecular flexibility index (Phi) is 7.11. The topological polar surface area (TPSA) is 83.9 Å². The number of sulfone groups is 1. The van der Waals surface area contributed by atoms with Gasteiger partial charge in [0.15, 0.2) is 9.84 Å². The first kappa shape index (κ1) is 23.0. The summed E-state index contributed by atoms with van der Waals surface area (Å²) < 4.78 is 32.9. The molecule has 1 fully saturated rings. The van der Waals surface area contributed by atoms with Crippen LogP contribution in [0, 0.1) is 5.92 Å². The lowest BCUT2D eigenvalue weighted by Crippen LogP contribution is -2.47. The number of carboxylic acids is 1. The molecule has 2 unspecified atom stereocenters. The molecular weight excluding hydrogens is 438 g/mol. The van der Waals surface area contributed by atoms with E-state index in [4.69, 9.17) is 4.74 Å². The van der Waals surface area contributed by atoms with E-state index in [9.17, 15) is 18.3 Å². The highest BCUT2D eigenvalue weighted by atomic mass is 32.2. The molecule has 33 heavy (non-hydrogen) atoms. The van der Waals surface area contributed by atoms with Crippen molar-refractivity contribution in [1.29, 1.82) is 0 Å². The van der Waals surface area contributed by atoms with Gasteiger partial charge in [-0.3, -0.25) is 9.69 Å². The van der Waals surface area contributed by atoms with Gasteiger partial charge < -0.3 is 9.84 Å². The molecule has 1 aliphatic heterocycles. The average Bonchev–Trinajstić information content (AvgIpc) is 2.84. The van der Waals surface area contributed by atoms with Crippen LogP contribution in [-0.4, -0.2) is 36.3 Å². The minimum atomic E-state index is -3.77. The summed E-state index contributed by atoms with van der Waals surface area (Å²) in [5.74, 6) is -1.05. The Morgan fingerprint density at radius 3 is 2.12 bits per heavy atom. The van der Waals surface area contributed by atoms with E-state index in [1.807, 2.05) is 65.6 Å². The predicted molar refractivity (Wildman–Crippen MR) is 125 cm³/mol. The Labute approximate surface area is 194 Å². The van der Waals surface area contributed by atoms with Crippen molar-refractivity contribution in [2.45, 2.75) is 36.3 Å². The highest BCUT2D eigenvalue weighted by Gasteiger charge is 2.40. The number of carboxylic acid groups (broad SMARTS) is 1. The smallest absolute Gasteiger partial charge is 0.306 e. The number of likely N-dealkylation sites (tertiary alicyclic amines) is 1. The molecule has 0 bridgehead atoms. The quantitative estimate of drug-likeness (QED) is 0.532. The second kappa shape index (κ2) is 10.2. The van der Waals surface area contributed by atoms with Crippen molar-refractivity contribution in [3.63, 3.8) is 0 Å². The third-order valence-corrected chi connectivity index (χ3v) is 8.13. The number of aliphatic carboxylic acids is 1. The van der Waals surface area contributed by atoms with E-state index in [0.29, 0.717) is 31.9 Å². The number of hydrogen-bond donors (Lipinski definition) is 1. The highest BCUT2D eigenvalue weighted by Crippen LogP contribution is 2.32. The summed E-state index contributed by atoms with van der Waals surface area (Å²) in [6, 6.07) is 25.7. The van der Waals surface area contributed by atoms with Crippen LogP contribution in [0.5, 0.6) is 5.75 Å². The fraction of sp³-hybridized carbons (Fsp3) is 0.269. The van der Waals surface area contributed by atoms with Gasteiger partial charge in [-0.2, -0.15) is 0 Å². The zero-order valence-electron chi connectivity index (χ0n) is 18.2. The molecule has 1 aliphatic rings. The Morgan fingerprint density at radius 2 is 1.52 bits per heavy atom. The molecule has 3 aromatic rings. The molecule has 1 N–H and O–H groups in total. The van der Waals surface area contributed by atoms with Crippen molar-refractivity contribution in [2.75, 3.05) is 6.54 Å². The van der Waals surface area contributed by atoms with E-state index in [1.54, 1.807) is 24.3 Å². The predicted octanol–water partition coefficient (Wildman–Crippen LogP) is 4.36. The first-order chi connectivity index (χ1) is 15.9. The van der Waals surface area contributed by atoms with Crippen LogP contribution < -0.4 is 4.74 Å². The van der Waals surface area contributed by atoms with Crippen LogP contribution in [0.2, 0.25) is 0 Å². The first-order valence-corrected chi connectivity index (χ1v) is 12.5. The number of rotatable bonds is 8. The van der Waals surface area contributed by atoms with Crippen LogP contribution in [-0.2, 0) is 27.8 Å². The normalized spacial score (nSPS) is 19.2. The average molecular weight is 466 g/mol. The second-order valence-corrected chi connectivity index (χ2v) is 10.4. The molecule has 0 aliphatic carbocycles. The molecule has 1 saturated heterocycles. The Balaban J connectivity index is 1.53. The summed E-state index contributed by atoms with van der Waals surface area (Å²) >= 11 is 0. The highest BCUT2D eigenvalue weighted by molar-refractivity contribution is 7.92. The van der Waals surface area contributed by atoms with Gasteiger partial charge in [0, 0.05) is 13.1 Å². The van der Waals surface area contributed by atoms with Gasteiger partial charge in [0.05, 0.1) is 10.8 Å². The van der Waals surface area contributed by atoms with E-state index >= 15 is 0 Å². The number of hydrogen-bond acceptors (Lipinski definition) is 5. The van der Waals surface area contributed by atoms with Crippen LogP contribution in [0.15, 0.2) is 89.8 Å². The third-order valence-electron chi connectivity index (χ3n) is 5.99. The number of piperidine rings is 1. The Hall–Kier alpha value is -3.16. The molecule has 2 atom stereocenters. The van der Waals surface area contributed by atoms with E-state index in [0.717, 1.165) is 11.1 Å². The Bertz CT molecular complexity index is 1160. The van der Waals surface area contributed by atoms with Crippen molar-refractivity contribution in [1.82, 2.24) is 4.90 Å². The van der Waals surface area contributed by atoms with Crippen LogP contribution in [0.25, 0.3) is 0 Å². The van der Waals surface area contributed by atoms with Gasteiger partial charge in [0.1, 0.15) is 17.7 Å². The van der Waals surface area contributed by atoms with Crippen LogP contribution in [0.1, 0.15) is 24.0 Å². The largest absolute Gasteiger partial charge is 0.489 e. The van der Waals surface area contributed by atoms with E-state index in [2.05, 4.69) is 0 Å². The standard InChI is InChI=1S/C26H27NO5S/c28-26(29)22-15-16-27(18-20-7-3-1-4-8-20)25(17-22)33(30,31)24-13-11-23(12-14-24)32-19-21-9-5-2-6-10-21/h1-14,22,25H,15-19H2,(H,28,29). The van der Waals surface area contributed by atoms with Crippen molar-refractivity contribution in [3.8, 4) is 5.75 Å². The second-order valence-electron chi connectivity index (χ2n) is 8.26. The molecule has 4 rings (SSSR count). The maximum absolute atomic E-state index is 13.6. The maximum atomic E-state index is 13.6. The van der Waals surface area contributed by atoms with E-state index in [1.165, 1.54) is 0 Å². The minimum absolute atomic E-state index is 0.0662. The zero-order valence-corrected chi connectivity index (χ0v) is 19.0. The molecule has 0 amide bonds. The fourth-order valence-corrected chi connectivity index (χ4v) is 6.03. The van der Waals surface area contributed by atoms with Crippen molar-refractivity contribution < 1.29 is 23.1 Å². The van der Waals surface area contributed by atoms with E-state index < -0.39 is 27.1 Å². The fourth-order valence-electron chi connectivity index (χ4n) is 4.15. The van der Waals surface area contributed by atoms with Gasteiger partial charge in [-0.05, 0) is 48.2 Å². The van der Waals surface area contributed by atoms with Gasteiger partial charge in [0.25, 0.3) is 0 Å². The molecule has 0 radical (unpaired) electrons. The minimum Gasteiger partial charge on any atom is -0.489 e. The molecule has 6 nitrogen and oxygen atoms in total. The summed E-state index contributed by atoms with van der Waals surface area (Å²) in [7, 11) is -3.77. The third kappa shape index (κ3) is 5.61.